The number of aryl methyl sites for hydroxylation is 1. The highest BCUT2D eigenvalue weighted by Crippen LogP contribution is 2.25. The summed E-state index contributed by atoms with van der Waals surface area (Å²) in [6.07, 6.45) is 3.53. The lowest BCUT2D eigenvalue weighted by atomic mass is 9.95. The van der Waals surface area contributed by atoms with Crippen molar-refractivity contribution >= 4 is 11.0 Å². The fourth-order valence-corrected chi connectivity index (χ4v) is 2.35. The third-order valence-corrected chi connectivity index (χ3v) is 3.51. The van der Waals surface area contributed by atoms with Gasteiger partial charge in [-0.05, 0) is 30.2 Å². The van der Waals surface area contributed by atoms with Crippen LogP contribution in [0.25, 0.3) is 11.0 Å². The summed E-state index contributed by atoms with van der Waals surface area (Å²) in [6, 6.07) is 8.30. The molecule has 0 unspecified atom stereocenters. The molecule has 2 heterocycles. The number of fused-ring (bicyclic) bond motifs is 1. The van der Waals surface area contributed by atoms with Crippen LogP contribution in [0.3, 0.4) is 0 Å². The summed E-state index contributed by atoms with van der Waals surface area (Å²) in [5, 5.41) is 1.16. The molecule has 3 rings (SSSR count). The Morgan fingerprint density at radius 1 is 1.16 bits per heavy atom. The summed E-state index contributed by atoms with van der Waals surface area (Å²) in [6.45, 7) is 5.88. The minimum atomic E-state index is -0.0620. The van der Waals surface area contributed by atoms with E-state index < -0.39 is 0 Å². The second-order valence-corrected chi connectivity index (χ2v) is 6.05. The maximum atomic E-state index is 5.75. The fraction of sp³-hybridized carbons (Fsp3) is 0.500. The van der Waals surface area contributed by atoms with Crippen LogP contribution in [0.1, 0.15) is 25.8 Å². The molecule has 1 aliphatic heterocycles. The molecule has 0 amide bonds. The van der Waals surface area contributed by atoms with Crippen LogP contribution in [0.4, 0.5) is 0 Å². The summed E-state index contributed by atoms with van der Waals surface area (Å²) >= 11 is 0. The van der Waals surface area contributed by atoms with Gasteiger partial charge in [-0.2, -0.15) is 0 Å². The first kappa shape index (κ1) is 12.7. The zero-order valence-electron chi connectivity index (χ0n) is 11.5. The Labute approximate surface area is 113 Å². The standard InChI is InChI=1S/C16H20O3/c1-16(2)10-18-15(19-11-16)6-4-12-3-5-14-13(9-12)7-8-17-14/h3,5,7-9,15H,4,6,10-11H2,1-2H3. The Bertz CT molecular complexity index is 546. The van der Waals surface area contributed by atoms with E-state index in [1.54, 1.807) is 6.26 Å². The van der Waals surface area contributed by atoms with E-state index in [4.69, 9.17) is 13.9 Å². The van der Waals surface area contributed by atoms with Gasteiger partial charge in [0, 0.05) is 17.2 Å². The molecule has 1 aromatic carbocycles. The van der Waals surface area contributed by atoms with Gasteiger partial charge in [-0.3, -0.25) is 0 Å². The molecule has 0 atom stereocenters. The predicted molar refractivity (Wildman–Crippen MR) is 74.0 cm³/mol. The molecule has 0 saturated carbocycles. The van der Waals surface area contributed by atoms with Crippen molar-refractivity contribution in [3.05, 3.63) is 36.1 Å². The first-order valence-electron chi connectivity index (χ1n) is 6.82. The molecule has 3 heteroatoms. The molecule has 2 aromatic rings. The zero-order valence-corrected chi connectivity index (χ0v) is 11.5. The molecule has 1 aliphatic rings. The lowest BCUT2D eigenvalue weighted by Gasteiger charge is -2.34. The van der Waals surface area contributed by atoms with E-state index in [9.17, 15) is 0 Å². The molecule has 19 heavy (non-hydrogen) atoms. The van der Waals surface area contributed by atoms with Gasteiger partial charge in [0.25, 0.3) is 0 Å². The van der Waals surface area contributed by atoms with Gasteiger partial charge >= 0.3 is 0 Å². The van der Waals surface area contributed by atoms with Crippen molar-refractivity contribution in [1.29, 1.82) is 0 Å². The van der Waals surface area contributed by atoms with Crippen LogP contribution < -0.4 is 0 Å². The van der Waals surface area contributed by atoms with E-state index in [0.29, 0.717) is 0 Å². The first-order valence-corrected chi connectivity index (χ1v) is 6.82. The van der Waals surface area contributed by atoms with Crippen molar-refractivity contribution in [1.82, 2.24) is 0 Å². The minimum Gasteiger partial charge on any atom is -0.464 e. The number of benzene rings is 1. The summed E-state index contributed by atoms with van der Waals surface area (Å²) in [7, 11) is 0. The Morgan fingerprint density at radius 3 is 2.74 bits per heavy atom. The maximum Gasteiger partial charge on any atom is 0.157 e. The monoisotopic (exact) mass is 260 g/mol. The fourth-order valence-electron chi connectivity index (χ4n) is 2.35. The van der Waals surface area contributed by atoms with Crippen molar-refractivity contribution in [3.63, 3.8) is 0 Å². The topological polar surface area (TPSA) is 31.6 Å². The Balaban J connectivity index is 1.57. The van der Waals surface area contributed by atoms with Crippen LogP contribution in [-0.4, -0.2) is 19.5 Å². The third kappa shape index (κ3) is 2.99. The van der Waals surface area contributed by atoms with E-state index >= 15 is 0 Å². The van der Waals surface area contributed by atoms with Gasteiger partial charge in [-0.1, -0.05) is 19.9 Å². The summed E-state index contributed by atoms with van der Waals surface area (Å²) in [5.74, 6) is 0. The van der Waals surface area contributed by atoms with Crippen molar-refractivity contribution in [2.24, 2.45) is 5.41 Å². The van der Waals surface area contributed by atoms with Crippen LogP contribution in [0, 0.1) is 5.41 Å². The molecular weight excluding hydrogens is 240 g/mol. The minimum absolute atomic E-state index is 0.0620. The second-order valence-electron chi connectivity index (χ2n) is 6.05. The molecule has 0 bridgehead atoms. The van der Waals surface area contributed by atoms with Crippen molar-refractivity contribution in [2.45, 2.75) is 33.0 Å². The van der Waals surface area contributed by atoms with Gasteiger partial charge in [0.2, 0.25) is 0 Å². The van der Waals surface area contributed by atoms with Crippen LogP contribution >= 0.6 is 0 Å². The molecule has 0 spiro atoms. The average molecular weight is 260 g/mol. The SMILES string of the molecule is CC1(C)COC(CCc2ccc3occc3c2)OC1. The second kappa shape index (κ2) is 4.99. The summed E-state index contributed by atoms with van der Waals surface area (Å²) in [5.41, 5.74) is 2.38. The number of rotatable bonds is 3. The Kier molecular flexibility index (Phi) is 3.33. The number of hydrogen-bond donors (Lipinski definition) is 0. The third-order valence-electron chi connectivity index (χ3n) is 3.51. The molecule has 1 saturated heterocycles. The van der Waals surface area contributed by atoms with Gasteiger partial charge < -0.3 is 13.9 Å². The molecule has 0 radical (unpaired) electrons. The van der Waals surface area contributed by atoms with Gasteiger partial charge in [-0.15, -0.1) is 0 Å². The van der Waals surface area contributed by atoms with E-state index in [1.165, 1.54) is 5.56 Å². The van der Waals surface area contributed by atoms with E-state index in [2.05, 4.69) is 26.0 Å². The van der Waals surface area contributed by atoms with Gasteiger partial charge in [0.05, 0.1) is 19.5 Å². The van der Waals surface area contributed by atoms with Crippen LogP contribution in [0.5, 0.6) is 0 Å². The van der Waals surface area contributed by atoms with Crippen molar-refractivity contribution in [3.8, 4) is 0 Å². The summed E-state index contributed by atoms with van der Waals surface area (Å²) in [4.78, 5) is 0. The first-order chi connectivity index (χ1) is 9.12. The van der Waals surface area contributed by atoms with Gasteiger partial charge in [0.1, 0.15) is 5.58 Å². The van der Waals surface area contributed by atoms with E-state index in [1.807, 2.05) is 12.1 Å². The average Bonchev–Trinajstić information content (AvgIpc) is 2.85. The quantitative estimate of drug-likeness (QED) is 0.842. The molecule has 0 N–H and O–H groups in total. The maximum absolute atomic E-state index is 5.75. The Hall–Kier alpha value is -1.32. The van der Waals surface area contributed by atoms with Crippen molar-refractivity contribution < 1.29 is 13.9 Å². The molecule has 1 fully saturated rings. The summed E-state index contributed by atoms with van der Waals surface area (Å²) < 4.78 is 16.8. The number of hydrogen-bond acceptors (Lipinski definition) is 3. The molecule has 0 aliphatic carbocycles. The highest BCUT2D eigenvalue weighted by atomic mass is 16.7. The number of furan rings is 1. The van der Waals surface area contributed by atoms with E-state index in [0.717, 1.165) is 37.0 Å². The van der Waals surface area contributed by atoms with Crippen LogP contribution in [-0.2, 0) is 15.9 Å². The predicted octanol–water partition coefficient (Wildman–Crippen LogP) is 3.76. The lowest BCUT2D eigenvalue weighted by Crippen LogP contribution is -2.37. The largest absolute Gasteiger partial charge is 0.464 e. The van der Waals surface area contributed by atoms with Gasteiger partial charge in [0.15, 0.2) is 6.29 Å². The normalized spacial score (nSPS) is 19.9. The Morgan fingerprint density at radius 2 is 1.95 bits per heavy atom. The highest BCUT2D eigenvalue weighted by molar-refractivity contribution is 5.77. The van der Waals surface area contributed by atoms with E-state index in [-0.39, 0.29) is 11.7 Å². The highest BCUT2D eigenvalue weighted by Gasteiger charge is 2.27. The molecule has 3 nitrogen and oxygen atoms in total. The van der Waals surface area contributed by atoms with Crippen LogP contribution in [0.15, 0.2) is 34.9 Å². The lowest BCUT2D eigenvalue weighted by molar-refractivity contribution is -0.223. The molecule has 1 aromatic heterocycles. The molecule has 102 valence electrons. The van der Waals surface area contributed by atoms with Gasteiger partial charge in [-0.25, -0.2) is 0 Å². The number of ether oxygens (including phenoxy) is 2. The zero-order chi connectivity index (χ0) is 13.3. The smallest absolute Gasteiger partial charge is 0.157 e. The molecular formula is C16H20O3. The van der Waals surface area contributed by atoms with Crippen molar-refractivity contribution in [2.75, 3.05) is 13.2 Å². The van der Waals surface area contributed by atoms with Crippen LogP contribution in [0.2, 0.25) is 0 Å².